The van der Waals surface area contributed by atoms with Gasteiger partial charge in [-0.05, 0) is 25.5 Å². The largest absolute Gasteiger partial charge is 0.321 e. The second-order valence-corrected chi connectivity index (χ2v) is 5.83. The minimum absolute atomic E-state index is 0.576. The van der Waals surface area contributed by atoms with Crippen LogP contribution in [0.5, 0.6) is 0 Å². The Hall–Kier alpha value is -1.03. The second kappa shape index (κ2) is 5.16. The van der Waals surface area contributed by atoms with Crippen LogP contribution < -0.4 is 5.73 Å². The second-order valence-electron chi connectivity index (χ2n) is 5.04. The standard InChI is InChI=1S/C14H17Cl2N3/c1-9-13(16)12(19(3)18-9)8-14(2,17)10-6-4-5-7-11(10)15/h4-7H,8,17H2,1-3H3. The third-order valence-corrected chi connectivity index (χ3v) is 4.11. The highest BCUT2D eigenvalue weighted by molar-refractivity contribution is 6.32. The number of aromatic nitrogens is 2. The van der Waals surface area contributed by atoms with E-state index in [4.69, 9.17) is 28.9 Å². The maximum Gasteiger partial charge on any atom is 0.0847 e. The van der Waals surface area contributed by atoms with E-state index < -0.39 is 5.54 Å². The predicted molar refractivity (Wildman–Crippen MR) is 79.7 cm³/mol. The van der Waals surface area contributed by atoms with Gasteiger partial charge in [0.1, 0.15) is 0 Å². The molecule has 0 fully saturated rings. The fourth-order valence-electron chi connectivity index (χ4n) is 2.24. The summed E-state index contributed by atoms with van der Waals surface area (Å²) in [4.78, 5) is 0. The molecule has 0 aliphatic rings. The number of nitrogens with two attached hydrogens (primary N) is 1. The number of aryl methyl sites for hydroxylation is 2. The van der Waals surface area contributed by atoms with Gasteiger partial charge in [0.2, 0.25) is 0 Å². The highest BCUT2D eigenvalue weighted by Crippen LogP contribution is 2.31. The molecule has 2 N–H and O–H groups in total. The van der Waals surface area contributed by atoms with Crippen molar-refractivity contribution in [2.75, 3.05) is 0 Å². The number of hydrogen-bond donors (Lipinski definition) is 1. The summed E-state index contributed by atoms with van der Waals surface area (Å²) in [6, 6.07) is 7.61. The minimum Gasteiger partial charge on any atom is -0.321 e. The van der Waals surface area contributed by atoms with Crippen LogP contribution in [0.25, 0.3) is 0 Å². The van der Waals surface area contributed by atoms with Gasteiger partial charge < -0.3 is 5.73 Å². The Morgan fingerprint density at radius 1 is 1.32 bits per heavy atom. The smallest absolute Gasteiger partial charge is 0.0847 e. The maximum atomic E-state index is 6.43. The first-order chi connectivity index (χ1) is 8.83. The molecule has 2 aromatic rings. The SMILES string of the molecule is Cc1nn(C)c(CC(C)(N)c2ccccc2Cl)c1Cl. The van der Waals surface area contributed by atoms with Crippen LogP contribution in [-0.2, 0) is 19.0 Å². The monoisotopic (exact) mass is 297 g/mol. The number of benzene rings is 1. The van der Waals surface area contributed by atoms with Crippen LogP contribution >= 0.6 is 23.2 Å². The van der Waals surface area contributed by atoms with Crippen LogP contribution in [0.4, 0.5) is 0 Å². The molecule has 0 saturated heterocycles. The van der Waals surface area contributed by atoms with Gasteiger partial charge in [0.05, 0.1) is 16.4 Å². The number of hydrogen-bond acceptors (Lipinski definition) is 2. The summed E-state index contributed by atoms with van der Waals surface area (Å²) < 4.78 is 1.78. The first kappa shape index (κ1) is 14.4. The van der Waals surface area contributed by atoms with Gasteiger partial charge in [-0.15, -0.1) is 0 Å². The van der Waals surface area contributed by atoms with E-state index in [1.807, 2.05) is 45.2 Å². The van der Waals surface area contributed by atoms with Gasteiger partial charge in [-0.25, -0.2) is 0 Å². The lowest BCUT2D eigenvalue weighted by molar-refractivity contribution is 0.472. The molecule has 0 amide bonds. The summed E-state index contributed by atoms with van der Waals surface area (Å²) in [5, 5.41) is 5.65. The van der Waals surface area contributed by atoms with Gasteiger partial charge in [-0.1, -0.05) is 41.4 Å². The van der Waals surface area contributed by atoms with Gasteiger partial charge in [0.15, 0.2) is 0 Å². The number of halogens is 2. The molecule has 19 heavy (non-hydrogen) atoms. The zero-order valence-electron chi connectivity index (χ0n) is 11.2. The lowest BCUT2D eigenvalue weighted by Crippen LogP contribution is -2.36. The van der Waals surface area contributed by atoms with E-state index in [0.29, 0.717) is 16.5 Å². The Bertz CT molecular complexity index is 603. The average Bonchev–Trinajstić information content (AvgIpc) is 2.56. The molecule has 0 aliphatic heterocycles. The van der Waals surface area contributed by atoms with Crippen LogP contribution in [0.15, 0.2) is 24.3 Å². The summed E-state index contributed by atoms with van der Waals surface area (Å²) in [7, 11) is 1.87. The van der Waals surface area contributed by atoms with E-state index in [1.165, 1.54) is 0 Å². The molecule has 1 aromatic heterocycles. The molecule has 0 bridgehead atoms. The van der Waals surface area contributed by atoms with Gasteiger partial charge in [0, 0.05) is 24.0 Å². The van der Waals surface area contributed by atoms with Gasteiger partial charge in [0.25, 0.3) is 0 Å². The van der Waals surface area contributed by atoms with Crippen molar-refractivity contribution < 1.29 is 0 Å². The van der Waals surface area contributed by atoms with E-state index in [-0.39, 0.29) is 0 Å². The maximum absolute atomic E-state index is 6.43. The fraction of sp³-hybridized carbons (Fsp3) is 0.357. The highest BCUT2D eigenvalue weighted by Gasteiger charge is 2.27. The first-order valence-electron chi connectivity index (χ1n) is 6.05. The van der Waals surface area contributed by atoms with Gasteiger partial charge in [-0.2, -0.15) is 5.10 Å². The Morgan fingerprint density at radius 3 is 2.47 bits per heavy atom. The van der Waals surface area contributed by atoms with Crippen LogP contribution in [0.2, 0.25) is 10.0 Å². The first-order valence-corrected chi connectivity index (χ1v) is 6.80. The molecule has 1 unspecified atom stereocenters. The Balaban J connectivity index is 2.39. The Kier molecular flexibility index (Phi) is 3.90. The van der Waals surface area contributed by atoms with Crippen LogP contribution in [0.3, 0.4) is 0 Å². The summed E-state index contributed by atoms with van der Waals surface area (Å²) in [6.45, 7) is 3.84. The molecule has 1 atom stereocenters. The summed E-state index contributed by atoms with van der Waals surface area (Å²) in [5.41, 5.74) is 8.48. The molecule has 0 saturated carbocycles. The van der Waals surface area contributed by atoms with E-state index in [9.17, 15) is 0 Å². The highest BCUT2D eigenvalue weighted by atomic mass is 35.5. The fourth-order valence-corrected chi connectivity index (χ4v) is 2.82. The minimum atomic E-state index is -0.595. The van der Waals surface area contributed by atoms with E-state index in [2.05, 4.69) is 5.10 Å². The third-order valence-electron chi connectivity index (χ3n) is 3.29. The zero-order chi connectivity index (χ0) is 14.2. The zero-order valence-corrected chi connectivity index (χ0v) is 12.8. The van der Waals surface area contributed by atoms with Crippen molar-refractivity contribution in [2.24, 2.45) is 12.8 Å². The molecule has 102 valence electrons. The lowest BCUT2D eigenvalue weighted by atomic mass is 9.88. The molecule has 0 aliphatic carbocycles. The van der Waals surface area contributed by atoms with Crippen molar-refractivity contribution in [3.05, 3.63) is 51.3 Å². The van der Waals surface area contributed by atoms with Crippen molar-refractivity contribution in [3.63, 3.8) is 0 Å². The van der Waals surface area contributed by atoms with E-state index in [0.717, 1.165) is 17.0 Å². The van der Waals surface area contributed by atoms with Crippen LogP contribution in [-0.4, -0.2) is 9.78 Å². The van der Waals surface area contributed by atoms with Crippen molar-refractivity contribution in [2.45, 2.75) is 25.8 Å². The van der Waals surface area contributed by atoms with Gasteiger partial charge >= 0.3 is 0 Å². The van der Waals surface area contributed by atoms with E-state index >= 15 is 0 Å². The normalized spacial score (nSPS) is 14.4. The van der Waals surface area contributed by atoms with Crippen molar-refractivity contribution in [1.29, 1.82) is 0 Å². The molecule has 1 aromatic carbocycles. The number of nitrogens with zero attached hydrogens (tertiary/aromatic N) is 2. The topological polar surface area (TPSA) is 43.8 Å². The lowest BCUT2D eigenvalue weighted by Gasteiger charge is -2.26. The molecule has 0 spiro atoms. The Labute approximate surface area is 123 Å². The Morgan fingerprint density at radius 2 is 1.95 bits per heavy atom. The molecular formula is C14H17Cl2N3. The van der Waals surface area contributed by atoms with Crippen molar-refractivity contribution in [1.82, 2.24) is 9.78 Å². The molecule has 5 heteroatoms. The summed E-state index contributed by atoms with van der Waals surface area (Å²) in [6.07, 6.45) is 0.576. The quantitative estimate of drug-likeness (QED) is 0.943. The van der Waals surface area contributed by atoms with Crippen molar-refractivity contribution >= 4 is 23.2 Å². The summed E-state index contributed by atoms with van der Waals surface area (Å²) >= 11 is 12.5. The van der Waals surface area contributed by atoms with Gasteiger partial charge in [-0.3, -0.25) is 4.68 Å². The molecule has 2 rings (SSSR count). The predicted octanol–water partition coefficient (Wildman–Crippen LogP) is 3.45. The average molecular weight is 298 g/mol. The summed E-state index contributed by atoms with van der Waals surface area (Å²) in [5.74, 6) is 0. The molecule has 3 nitrogen and oxygen atoms in total. The van der Waals surface area contributed by atoms with Crippen LogP contribution in [0.1, 0.15) is 23.9 Å². The molecule has 0 radical (unpaired) electrons. The van der Waals surface area contributed by atoms with Crippen molar-refractivity contribution in [3.8, 4) is 0 Å². The third kappa shape index (κ3) is 2.78. The number of rotatable bonds is 3. The van der Waals surface area contributed by atoms with Crippen LogP contribution in [0, 0.1) is 6.92 Å². The van der Waals surface area contributed by atoms with E-state index in [1.54, 1.807) is 4.68 Å². The molecule has 1 heterocycles. The molecular weight excluding hydrogens is 281 g/mol.